The van der Waals surface area contributed by atoms with E-state index in [0.717, 1.165) is 4.90 Å². The van der Waals surface area contributed by atoms with E-state index in [1.165, 1.54) is 12.5 Å². The maximum atomic E-state index is 13.9. The summed E-state index contributed by atoms with van der Waals surface area (Å²) < 4.78 is 0. The van der Waals surface area contributed by atoms with E-state index < -0.39 is 90.0 Å². The van der Waals surface area contributed by atoms with Crippen LogP contribution in [0.4, 0.5) is 0 Å². The van der Waals surface area contributed by atoms with Crippen molar-refractivity contribution in [3.05, 3.63) is 18.2 Å². The molecule has 1 aromatic rings. The number of likely N-dealkylation sites (tertiary alicyclic amines) is 1. The van der Waals surface area contributed by atoms with Gasteiger partial charge in [-0.3, -0.25) is 43.5 Å². The Morgan fingerprint density at radius 2 is 1.39 bits per heavy atom. The number of nitrogens with two attached hydrogens (primary N) is 7. The van der Waals surface area contributed by atoms with Crippen molar-refractivity contribution in [3.63, 3.8) is 0 Å². The molecule has 7 amide bonds. The molecule has 0 saturated carbocycles. The van der Waals surface area contributed by atoms with Gasteiger partial charge in [0.25, 0.3) is 0 Å². The standard InChI is InChI=1S/C32H54N16O9/c33-17(4-1-9-41-31(36)37)25(51)44-18(7-8-23(34)49)26(52)46-20(12-16-14-40-15-43-16)27(53)47-21(13-24(35)50)29(55)48-11-3-6-22(48)28(54)45-19(30(56)57)5-2-10-42-32(38)39/h14-15,17-22H,1-13,33H2,(H2,34,49)(H2,35,50)(H,40,43)(H,44,51)(H,45,54)(H,46,52)(H,47,53)(H,56,57)(H4,36,37,41)(H4,38,39,42)/t17-,18-,19-,20-,21-,22-/m0/s1. The first-order valence-corrected chi connectivity index (χ1v) is 18.0. The number of aliphatic imine (C=N–C) groups is 2. The summed E-state index contributed by atoms with van der Waals surface area (Å²) in [4.78, 5) is 119. The summed E-state index contributed by atoms with van der Waals surface area (Å²) in [6.45, 7) is 0.334. The minimum atomic E-state index is -1.62. The van der Waals surface area contributed by atoms with Gasteiger partial charge in [-0.25, -0.2) is 9.78 Å². The monoisotopic (exact) mass is 806 g/mol. The second-order valence-corrected chi connectivity index (χ2v) is 13.2. The van der Waals surface area contributed by atoms with Crippen molar-refractivity contribution >= 4 is 59.2 Å². The molecule has 0 bridgehead atoms. The lowest BCUT2D eigenvalue weighted by Gasteiger charge is -2.30. The third kappa shape index (κ3) is 16.8. The van der Waals surface area contributed by atoms with Gasteiger partial charge < -0.3 is 76.4 Å². The maximum absolute atomic E-state index is 13.9. The Balaban J connectivity index is 2.28. The number of hydrogen-bond acceptors (Lipinski definition) is 12. The predicted octanol–water partition coefficient (Wildman–Crippen LogP) is -6.46. The number of carbonyl (C=O) groups is 8. The smallest absolute Gasteiger partial charge is 0.326 e. The van der Waals surface area contributed by atoms with Crippen molar-refractivity contribution in [3.8, 4) is 0 Å². The SMILES string of the molecule is NC(=O)CC[C@H](NC(=O)[C@@H](N)CCCN=C(N)N)C(=O)N[C@@H](Cc1cnc[nH]1)C(=O)N[C@@H](CC(N)=O)C(=O)N1CCC[C@H]1C(=O)N[C@@H](CCCN=C(N)N)C(=O)O. The van der Waals surface area contributed by atoms with Crippen molar-refractivity contribution in [1.82, 2.24) is 36.1 Å². The number of carboxylic acid groups (broad SMARTS) is 1. The van der Waals surface area contributed by atoms with Crippen molar-refractivity contribution in [2.45, 2.75) is 100 Å². The molecule has 2 rings (SSSR count). The molecule has 0 spiro atoms. The Hall–Kier alpha value is -6.53. The van der Waals surface area contributed by atoms with Crippen LogP contribution in [0, 0.1) is 0 Å². The first kappa shape index (κ1) is 46.6. The van der Waals surface area contributed by atoms with Crippen LogP contribution >= 0.6 is 0 Å². The van der Waals surface area contributed by atoms with Crippen LogP contribution in [0.15, 0.2) is 22.5 Å². The van der Waals surface area contributed by atoms with Crippen LogP contribution in [-0.4, -0.2) is 135 Å². The van der Waals surface area contributed by atoms with Crippen LogP contribution in [0.5, 0.6) is 0 Å². The van der Waals surface area contributed by atoms with Gasteiger partial charge in [-0.1, -0.05) is 0 Å². The number of nitrogens with zero attached hydrogens (tertiary/aromatic N) is 4. The molecule has 25 heteroatoms. The Kier molecular flexibility index (Phi) is 19.1. The quantitative estimate of drug-likeness (QED) is 0.0248. The molecule has 1 fully saturated rings. The Labute approximate surface area is 327 Å². The number of aliphatic carboxylic acids is 1. The molecule has 316 valence electrons. The van der Waals surface area contributed by atoms with E-state index >= 15 is 0 Å². The molecular weight excluding hydrogens is 752 g/mol. The molecule has 0 aromatic carbocycles. The number of primary amides is 2. The number of aromatic amines is 1. The fraction of sp³-hybridized carbons (Fsp3) is 0.594. The fourth-order valence-electron chi connectivity index (χ4n) is 5.79. The average molecular weight is 807 g/mol. The van der Waals surface area contributed by atoms with E-state index in [1.54, 1.807) is 0 Å². The molecule has 25 nitrogen and oxygen atoms in total. The minimum absolute atomic E-state index is 0.0241. The Morgan fingerprint density at radius 3 is 1.95 bits per heavy atom. The summed E-state index contributed by atoms with van der Waals surface area (Å²) in [5.41, 5.74) is 38.3. The first-order valence-electron chi connectivity index (χ1n) is 18.0. The second-order valence-electron chi connectivity index (χ2n) is 13.2. The second kappa shape index (κ2) is 23.4. The van der Waals surface area contributed by atoms with Gasteiger partial charge >= 0.3 is 5.97 Å². The van der Waals surface area contributed by atoms with Crippen LogP contribution in [0.3, 0.4) is 0 Å². The zero-order chi connectivity index (χ0) is 42.7. The van der Waals surface area contributed by atoms with Gasteiger partial charge in [0.2, 0.25) is 41.4 Å². The maximum Gasteiger partial charge on any atom is 0.326 e. The average Bonchev–Trinajstić information content (AvgIpc) is 3.84. The van der Waals surface area contributed by atoms with Crippen molar-refractivity contribution in [2.75, 3.05) is 19.6 Å². The van der Waals surface area contributed by atoms with Gasteiger partial charge in [0, 0.05) is 44.4 Å². The number of imidazole rings is 1. The number of guanidine groups is 2. The first-order chi connectivity index (χ1) is 26.9. The zero-order valence-electron chi connectivity index (χ0n) is 31.4. The lowest BCUT2D eigenvalue weighted by molar-refractivity contribution is -0.145. The molecule has 57 heavy (non-hydrogen) atoms. The largest absolute Gasteiger partial charge is 0.480 e. The van der Waals surface area contributed by atoms with Crippen molar-refractivity contribution in [1.29, 1.82) is 0 Å². The van der Waals surface area contributed by atoms with E-state index in [4.69, 9.17) is 40.1 Å². The highest BCUT2D eigenvalue weighted by Crippen LogP contribution is 2.20. The highest BCUT2D eigenvalue weighted by atomic mass is 16.4. The fourth-order valence-corrected chi connectivity index (χ4v) is 5.79. The van der Waals surface area contributed by atoms with Crippen molar-refractivity contribution in [2.24, 2.45) is 50.1 Å². The summed E-state index contributed by atoms with van der Waals surface area (Å²) in [6, 6.07) is -8.09. The highest BCUT2D eigenvalue weighted by molar-refractivity contribution is 5.98. The highest BCUT2D eigenvalue weighted by Gasteiger charge is 2.40. The molecular formula is C32H54N16O9. The molecule has 0 radical (unpaired) electrons. The minimum Gasteiger partial charge on any atom is -0.480 e. The van der Waals surface area contributed by atoms with Gasteiger partial charge in [-0.2, -0.15) is 0 Å². The number of carboxylic acids is 1. The molecule has 0 unspecified atom stereocenters. The summed E-state index contributed by atoms with van der Waals surface area (Å²) in [7, 11) is 0. The number of carbonyl (C=O) groups excluding carboxylic acids is 7. The van der Waals surface area contributed by atoms with Crippen LogP contribution in [-0.2, 0) is 44.8 Å². The number of aromatic nitrogens is 2. The molecule has 0 aliphatic carbocycles. The van der Waals surface area contributed by atoms with E-state index in [1.807, 2.05) is 0 Å². The van der Waals surface area contributed by atoms with Gasteiger partial charge in [-0.05, 0) is 44.9 Å². The van der Waals surface area contributed by atoms with E-state index in [2.05, 4.69) is 41.2 Å². The third-order valence-corrected chi connectivity index (χ3v) is 8.65. The molecule has 1 aliphatic rings. The van der Waals surface area contributed by atoms with E-state index in [9.17, 15) is 43.5 Å². The predicted molar refractivity (Wildman–Crippen MR) is 202 cm³/mol. The summed E-state index contributed by atoms with van der Waals surface area (Å²) in [6.07, 6.45) is 2.27. The molecule has 1 aromatic heterocycles. The van der Waals surface area contributed by atoms with Gasteiger partial charge in [0.1, 0.15) is 30.2 Å². The number of amides is 7. The number of H-pyrrole nitrogens is 1. The van der Waals surface area contributed by atoms with Crippen LogP contribution < -0.4 is 61.4 Å². The van der Waals surface area contributed by atoms with Gasteiger partial charge in [0.05, 0.1) is 18.8 Å². The molecule has 2 heterocycles. The lowest BCUT2D eigenvalue weighted by Crippen LogP contribution is -2.60. The molecule has 20 N–H and O–H groups in total. The van der Waals surface area contributed by atoms with E-state index in [-0.39, 0.29) is 76.5 Å². The summed E-state index contributed by atoms with van der Waals surface area (Å²) in [5, 5.41) is 19.5. The molecule has 1 aliphatic heterocycles. The lowest BCUT2D eigenvalue weighted by atomic mass is 10.0. The Bertz CT molecular complexity index is 1630. The van der Waals surface area contributed by atoms with Crippen molar-refractivity contribution < 1.29 is 43.5 Å². The number of rotatable bonds is 25. The van der Waals surface area contributed by atoms with Gasteiger partial charge in [0.15, 0.2) is 11.9 Å². The Morgan fingerprint density at radius 1 is 0.789 bits per heavy atom. The summed E-state index contributed by atoms with van der Waals surface area (Å²) >= 11 is 0. The van der Waals surface area contributed by atoms with Crippen LogP contribution in [0.1, 0.15) is 63.5 Å². The van der Waals surface area contributed by atoms with Gasteiger partial charge in [-0.15, -0.1) is 0 Å². The van der Waals surface area contributed by atoms with Crippen LogP contribution in [0.25, 0.3) is 0 Å². The van der Waals surface area contributed by atoms with E-state index in [0.29, 0.717) is 18.5 Å². The summed E-state index contributed by atoms with van der Waals surface area (Å²) in [5.74, 6) is -7.70. The topological polar surface area (TPSA) is 444 Å². The zero-order valence-corrected chi connectivity index (χ0v) is 31.4. The number of nitrogens with one attached hydrogen (secondary N) is 5. The number of hydrogen-bond donors (Lipinski definition) is 13. The third-order valence-electron chi connectivity index (χ3n) is 8.65. The van der Waals surface area contributed by atoms with Crippen LogP contribution in [0.2, 0.25) is 0 Å². The molecule has 1 saturated heterocycles. The normalized spacial score (nSPS) is 16.1. The molecule has 6 atom stereocenters.